The van der Waals surface area contributed by atoms with E-state index in [4.69, 9.17) is 4.74 Å². The average Bonchev–Trinajstić information content (AvgIpc) is 2.69. The number of anilines is 1. The average molecular weight is 352 g/mol. The van der Waals surface area contributed by atoms with Gasteiger partial charge in [0.15, 0.2) is 0 Å². The number of para-hydroxylation sites is 2. The van der Waals surface area contributed by atoms with Crippen LogP contribution in [0, 0.1) is 0 Å². The normalized spacial score (nSPS) is 13.2. The zero-order valence-electron chi connectivity index (χ0n) is 15.3. The van der Waals surface area contributed by atoms with Crippen LogP contribution < -0.4 is 15.0 Å². The highest BCUT2D eigenvalue weighted by molar-refractivity contribution is 5.75. The molecule has 1 aliphatic heterocycles. The van der Waals surface area contributed by atoms with E-state index in [0.717, 1.165) is 38.2 Å². The van der Waals surface area contributed by atoms with Crippen LogP contribution in [0.15, 0.2) is 54.6 Å². The fraction of sp³-hybridized carbons (Fsp3) is 0.409. The first kappa shape index (κ1) is 18.3. The van der Waals surface area contributed by atoms with Crippen LogP contribution in [0.2, 0.25) is 0 Å². The minimum absolute atomic E-state index is 0.112. The summed E-state index contributed by atoms with van der Waals surface area (Å²) in [4.78, 5) is 14.4. The topological polar surface area (TPSA) is 41.6 Å². The first-order valence-electron chi connectivity index (χ1n) is 9.60. The Balaban J connectivity index is 1.28. The molecule has 26 heavy (non-hydrogen) atoms. The van der Waals surface area contributed by atoms with Crippen molar-refractivity contribution in [1.29, 1.82) is 0 Å². The maximum absolute atomic E-state index is 11.9. The Hall–Kier alpha value is -2.49. The van der Waals surface area contributed by atoms with Gasteiger partial charge in [0.25, 0.3) is 0 Å². The molecule has 1 heterocycles. The second-order valence-corrected chi connectivity index (χ2v) is 6.69. The highest BCUT2D eigenvalue weighted by Crippen LogP contribution is 2.26. The molecular weight excluding hydrogens is 324 g/mol. The number of fused-ring (bicyclic) bond motifs is 1. The summed E-state index contributed by atoms with van der Waals surface area (Å²) in [5.74, 6) is 0.968. The fourth-order valence-corrected chi connectivity index (χ4v) is 3.37. The number of amides is 1. The van der Waals surface area contributed by atoms with Gasteiger partial charge in [0.05, 0.1) is 6.61 Å². The van der Waals surface area contributed by atoms with Gasteiger partial charge in [0.1, 0.15) is 5.75 Å². The second kappa shape index (κ2) is 9.85. The molecule has 1 N–H and O–H groups in total. The predicted molar refractivity (Wildman–Crippen MR) is 106 cm³/mol. The summed E-state index contributed by atoms with van der Waals surface area (Å²) < 4.78 is 5.61. The van der Waals surface area contributed by atoms with Gasteiger partial charge in [-0.25, -0.2) is 0 Å². The van der Waals surface area contributed by atoms with Gasteiger partial charge < -0.3 is 15.0 Å². The van der Waals surface area contributed by atoms with E-state index < -0.39 is 0 Å². The monoisotopic (exact) mass is 352 g/mol. The minimum atomic E-state index is 0.112. The minimum Gasteiger partial charge on any atom is -0.494 e. The number of carbonyl (C=O) groups excluding carboxylic acids is 1. The van der Waals surface area contributed by atoms with Crippen molar-refractivity contribution < 1.29 is 9.53 Å². The van der Waals surface area contributed by atoms with E-state index in [2.05, 4.69) is 34.5 Å². The van der Waals surface area contributed by atoms with Crippen LogP contribution in [0.3, 0.4) is 0 Å². The van der Waals surface area contributed by atoms with Gasteiger partial charge >= 0.3 is 0 Å². The summed E-state index contributed by atoms with van der Waals surface area (Å²) in [5, 5.41) is 3.02. The molecule has 2 aromatic carbocycles. The predicted octanol–water partition coefficient (Wildman–Crippen LogP) is 3.80. The van der Waals surface area contributed by atoms with Crippen LogP contribution >= 0.6 is 0 Å². The first-order valence-corrected chi connectivity index (χ1v) is 9.60. The number of benzene rings is 2. The van der Waals surface area contributed by atoms with Gasteiger partial charge in [-0.15, -0.1) is 0 Å². The molecular formula is C22H28N2O2. The number of hydrogen-bond acceptors (Lipinski definition) is 3. The number of nitrogens with zero attached hydrogens (tertiary/aromatic N) is 1. The summed E-state index contributed by atoms with van der Waals surface area (Å²) >= 11 is 0. The van der Waals surface area contributed by atoms with Crippen LogP contribution in [-0.4, -0.2) is 32.1 Å². The molecule has 1 amide bonds. The van der Waals surface area contributed by atoms with Gasteiger partial charge in [-0.05, 0) is 49.4 Å². The van der Waals surface area contributed by atoms with Crippen molar-refractivity contribution in [2.75, 3.05) is 31.1 Å². The standard InChI is InChI=1S/C22H28N2O2/c25-22(14-7-18-26-20-11-2-1-3-12-20)23-15-8-17-24-16-6-10-19-9-4-5-13-21(19)24/h1-5,9,11-13H,6-8,10,14-18H2,(H,23,25). The zero-order chi connectivity index (χ0) is 18.0. The smallest absolute Gasteiger partial charge is 0.220 e. The Morgan fingerprint density at radius 1 is 1.04 bits per heavy atom. The highest BCUT2D eigenvalue weighted by atomic mass is 16.5. The molecule has 0 atom stereocenters. The molecule has 0 aromatic heterocycles. The molecule has 0 bridgehead atoms. The molecule has 138 valence electrons. The van der Waals surface area contributed by atoms with Crippen molar-refractivity contribution in [3.05, 3.63) is 60.2 Å². The largest absolute Gasteiger partial charge is 0.494 e. The van der Waals surface area contributed by atoms with Crippen molar-refractivity contribution >= 4 is 11.6 Å². The van der Waals surface area contributed by atoms with Gasteiger partial charge in [0.2, 0.25) is 5.91 Å². The Morgan fingerprint density at radius 3 is 2.73 bits per heavy atom. The maximum atomic E-state index is 11.9. The number of carbonyl (C=O) groups is 1. The summed E-state index contributed by atoms with van der Waals surface area (Å²) in [6.07, 6.45) is 4.61. The molecule has 0 unspecified atom stereocenters. The number of ether oxygens (including phenoxy) is 1. The third-order valence-corrected chi connectivity index (χ3v) is 4.69. The lowest BCUT2D eigenvalue weighted by Gasteiger charge is -2.31. The Labute approximate surface area is 156 Å². The molecule has 0 spiro atoms. The van der Waals surface area contributed by atoms with Crippen molar-refractivity contribution in [3.8, 4) is 5.75 Å². The summed E-state index contributed by atoms with van der Waals surface area (Å²) in [6, 6.07) is 18.4. The molecule has 3 rings (SSSR count). The molecule has 0 saturated carbocycles. The molecule has 0 saturated heterocycles. The molecule has 0 aliphatic carbocycles. The highest BCUT2D eigenvalue weighted by Gasteiger charge is 2.15. The van der Waals surface area contributed by atoms with E-state index in [0.29, 0.717) is 13.0 Å². The van der Waals surface area contributed by atoms with Crippen LogP contribution in [0.5, 0.6) is 5.75 Å². The summed E-state index contributed by atoms with van der Waals surface area (Å²) in [6.45, 7) is 3.41. The molecule has 0 fully saturated rings. The fourth-order valence-electron chi connectivity index (χ4n) is 3.37. The molecule has 2 aromatic rings. The molecule has 4 nitrogen and oxygen atoms in total. The molecule has 1 aliphatic rings. The van der Waals surface area contributed by atoms with E-state index in [1.807, 2.05) is 30.3 Å². The molecule has 4 heteroatoms. The zero-order valence-corrected chi connectivity index (χ0v) is 15.3. The third-order valence-electron chi connectivity index (χ3n) is 4.69. The number of nitrogens with one attached hydrogen (secondary N) is 1. The van der Waals surface area contributed by atoms with Crippen molar-refractivity contribution in [2.45, 2.75) is 32.1 Å². The van der Waals surface area contributed by atoms with Crippen molar-refractivity contribution in [3.63, 3.8) is 0 Å². The van der Waals surface area contributed by atoms with E-state index in [-0.39, 0.29) is 5.91 Å². The van der Waals surface area contributed by atoms with Gasteiger partial charge in [-0.3, -0.25) is 4.79 Å². The van der Waals surface area contributed by atoms with E-state index in [1.165, 1.54) is 24.1 Å². The van der Waals surface area contributed by atoms with Gasteiger partial charge in [0, 0.05) is 31.7 Å². The van der Waals surface area contributed by atoms with Crippen molar-refractivity contribution in [1.82, 2.24) is 5.32 Å². The van der Waals surface area contributed by atoms with Crippen LogP contribution in [0.25, 0.3) is 0 Å². The lowest BCUT2D eigenvalue weighted by atomic mass is 10.0. The maximum Gasteiger partial charge on any atom is 0.220 e. The summed E-state index contributed by atoms with van der Waals surface area (Å²) in [5.41, 5.74) is 2.81. The number of aryl methyl sites for hydroxylation is 1. The lowest BCUT2D eigenvalue weighted by Crippen LogP contribution is -2.33. The quantitative estimate of drug-likeness (QED) is 0.698. The van der Waals surface area contributed by atoms with Crippen LogP contribution in [0.1, 0.15) is 31.2 Å². The van der Waals surface area contributed by atoms with E-state index in [1.54, 1.807) is 0 Å². The Bertz CT molecular complexity index is 688. The first-order chi connectivity index (χ1) is 12.8. The second-order valence-electron chi connectivity index (χ2n) is 6.69. The van der Waals surface area contributed by atoms with Crippen LogP contribution in [0.4, 0.5) is 5.69 Å². The van der Waals surface area contributed by atoms with Gasteiger partial charge in [-0.1, -0.05) is 36.4 Å². The Morgan fingerprint density at radius 2 is 1.85 bits per heavy atom. The van der Waals surface area contributed by atoms with Crippen molar-refractivity contribution in [2.24, 2.45) is 0 Å². The number of hydrogen-bond donors (Lipinski definition) is 1. The van der Waals surface area contributed by atoms with E-state index >= 15 is 0 Å². The SMILES string of the molecule is O=C(CCCOc1ccccc1)NCCCN1CCCc2ccccc21. The summed E-state index contributed by atoms with van der Waals surface area (Å²) in [7, 11) is 0. The van der Waals surface area contributed by atoms with Gasteiger partial charge in [-0.2, -0.15) is 0 Å². The Kier molecular flexibility index (Phi) is 6.94. The molecule has 0 radical (unpaired) electrons. The third kappa shape index (κ3) is 5.51. The number of rotatable bonds is 9. The van der Waals surface area contributed by atoms with Crippen LogP contribution in [-0.2, 0) is 11.2 Å². The van der Waals surface area contributed by atoms with E-state index in [9.17, 15) is 4.79 Å². The lowest BCUT2D eigenvalue weighted by molar-refractivity contribution is -0.121.